The van der Waals surface area contributed by atoms with Gasteiger partial charge in [0.2, 0.25) is 5.91 Å². The second-order valence-electron chi connectivity index (χ2n) is 3.45. The summed E-state index contributed by atoms with van der Waals surface area (Å²) in [7, 11) is 4.81. The van der Waals surface area contributed by atoms with Gasteiger partial charge in [-0.05, 0) is 12.0 Å². The lowest BCUT2D eigenvalue weighted by Gasteiger charge is -2.03. The molecule has 2 amide bonds. The van der Waals surface area contributed by atoms with Crippen molar-refractivity contribution < 1.29 is 18.0 Å². The van der Waals surface area contributed by atoms with E-state index in [4.69, 9.17) is 8.42 Å². The first kappa shape index (κ1) is 16.3. The molecule has 104 valence electrons. The van der Waals surface area contributed by atoms with Crippen molar-refractivity contribution in [2.75, 3.05) is 0 Å². The summed E-state index contributed by atoms with van der Waals surface area (Å²) in [5, 5.41) is 1.77. The molecule has 19 heavy (non-hydrogen) atoms. The molecule has 1 unspecified atom stereocenters. The van der Waals surface area contributed by atoms with Crippen LogP contribution in [0.1, 0.15) is 5.56 Å². The lowest BCUT2D eigenvalue weighted by atomic mass is 10.1. The fourth-order valence-corrected chi connectivity index (χ4v) is 2.22. The number of benzene rings is 1. The zero-order chi connectivity index (χ0) is 14.5. The Hall–Kier alpha value is -0.760. The highest BCUT2D eigenvalue weighted by Crippen LogP contribution is 2.22. The molecule has 1 atom stereocenters. The van der Waals surface area contributed by atoms with Crippen LogP contribution in [0.15, 0.2) is 30.3 Å². The second-order valence-corrected chi connectivity index (χ2v) is 8.30. The molecule has 1 saturated heterocycles. The minimum Gasteiger partial charge on any atom is -0.286 e. The number of nitrogens with one attached hydrogen (secondary N) is 1. The Labute approximate surface area is 123 Å². The van der Waals surface area contributed by atoms with Gasteiger partial charge in [-0.2, -0.15) is 8.42 Å². The maximum absolute atomic E-state index is 11.2. The highest BCUT2D eigenvalue weighted by atomic mass is 36.0. The van der Waals surface area contributed by atoms with E-state index in [1.54, 1.807) is 0 Å². The van der Waals surface area contributed by atoms with Crippen molar-refractivity contribution in [2.45, 2.75) is 11.7 Å². The maximum atomic E-state index is 11.2. The predicted octanol–water partition coefficient (Wildman–Crippen LogP) is 2.29. The van der Waals surface area contributed by atoms with Crippen LogP contribution in [0.5, 0.6) is 0 Å². The van der Waals surface area contributed by atoms with Gasteiger partial charge in [0, 0.05) is 21.4 Å². The van der Waals surface area contributed by atoms with Crippen molar-refractivity contribution in [1.82, 2.24) is 5.32 Å². The standard InChI is InChI=1S/C10H9NO2S.Cl2O2S/c12-9-8(14-10(13)11-9)6-7-4-2-1-3-5-7;1-5(2,3)4/h1-5,8H,6H2,(H,11,12,13);. The largest absolute Gasteiger partial charge is 0.317 e. The average molecular weight is 342 g/mol. The zero-order valence-electron chi connectivity index (χ0n) is 9.38. The number of carbonyl (C=O) groups is 2. The molecule has 0 radical (unpaired) electrons. The van der Waals surface area contributed by atoms with Crippen LogP contribution < -0.4 is 5.32 Å². The van der Waals surface area contributed by atoms with Gasteiger partial charge >= 0.3 is 8.26 Å². The average Bonchev–Trinajstić information content (AvgIpc) is 2.56. The van der Waals surface area contributed by atoms with Crippen LogP contribution in [0.3, 0.4) is 0 Å². The summed E-state index contributed by atoms with van der Waals surface area (Å²) < 4.78 is 18.3. The summed E-state index contributed by atoms with van der Waals surface area (Å²) in [6.45, 7) is 0. The third-order valence-corrected chi connectivity index (χ3v) is 3.01. The summed E-state index contributed by atoms with van der Waals surface area (Å²) in [5.41, 5.74) is 1.08. The number of hydrogen-bond donors (Lipinski definition) is 1. The number of hydrogen-bond acceptors (Lipinski definition) is 5. The van der Waals surface area contributed by atoms with Gasteiger partial charge in [-0.1, -0.05) is 42.1 Å². The molecule has 0 spiro atoms. The molecule has 0 saturated carbocycles. The van der Waals surface area contributed by atoms with Crippen LogP contribution in [-0.2, 0) is 19.5 Å². The van der Waals surface area contributed by atoms with E-state index >= 15 is 0 Å². The van der Waals surface area contributed by atoms with E-state index in [2.05, 4.69) is 26.7 Å². The molecule has 1 aliphatic heterocycles. The van der Waals surface area contributed by atoms with Gasteiger partial charge in [0.15, 0.2) is 0 Å². The molecular weight excluding hydrogens is 333 g/mol. The maximum Gasteiger partial charge on any atom is 0.317 e. The summed E-state index contributed by atoms with van der Waals surface area (Å²) in [6.07, 6.45) is 0.614. The van der Waals surface area contributed by atoms with Gasteiger partial charge in [0.05, 0.1) is 5.25 Å². The van der Waals surface area contributed by atoms with Crippen LogP contribution >= 0.6 is 33.1 Å². The molecule has 2 rings (SSSR count). The van der Waals surface area contributed by atoms with Crippen molar-refractivity contribution in [3.05, 3.63) is 35.9 Å². The molecule has 9 heteroatoms. The van der Waals surface area contributed by atoms with Gasteiger partial charge in [-0.15, -0.1) is 0 Å². The molecule has 5 nitrogen and oxygen atoms in total. The molecule has 1 N–H and O–H groups in total. The van der Waals surface area contributed by atoms with Gasteiger partial charge < -0.3 is 0 Å². The van der Waals surface area contributed by atoms with E-state index in [-0.39, 0.29) is 16.4 Å². The van der Waals surface area contributed by atoms with Crippen LogP contribution in [0, 0.1) is 0 Å². The Morgan fingerprint density at radius 3 is 2.11 bits per heavy atom. The van der Waals surface area contributed by atoms with Crippen LogP contribution in [0.2, 0.25) is 0 Å². The summed E-state index contributed by atoms with van der Waals surface area (Å²) in [5.74, 6) is -0.177. The van der Waals surface area contributed by atoms with E-state index < -0.39 is 8.26 Å². The second kappa shape index (κ2) is 7.14. The zero-order valence-corrected chi connectivity index (χ0v) is 12.5. The first-order chi connectivity index (χ1) is 8.75. The van der Waals surface area contributed by atoms with Crippen molar-refractivity contribution in [3.63, 3.8) is 0 Å². The molecule has 0 aromatic heterocycles. The molecular formula is C10H9Cl2NO4S2. The number of carbonyl (C=O) groups excluding carboxylic acids is 2. The highest BCUT2D eigenvalue weighted by Gasteiger charge is 2.31. The summed E-state index contributed by atoms with van der Waals surface area (Å²) in [4.78, 5) is 22.1. The van der Waals surface area contributed by atoms with Crippen LogP contribution in [0.4, 0.5) is 4.79 Å². The summed E-state index contributed by atoms with van der Waals surface area (Å²) >= 11 is 1.07. The fourth-order valence-electron chi connectivity index (χ4n) is 1.36. The van der Waals surface area contributed by atoms with E-state index in [9.17, 15) is 9.59 Å². The SMILES string of the molecule is O=C1NC(=O)C(Cc2ccccc2)S1.O=S(=O)(Cl)Cl. The first-order valence-electron chi connectivity index (χ1n) is 4.95. The van der Waals surface area contributed by atoms with E-state index in [1.807, 2.05) is 30.3 Å². The van der Waals surface area contributed by atoms with Crippen LogP contribution in [0.25, 0.3) is 0 Å². The van der Waals surface area contributed by atoms with Gasteiger partial charge in [0.25, 0.3) is 5.24 Å². The number of imide groups is 1. The predicted molar refractivity (Wildman–Crippen MR) is 75.7 cm³/mol. The van der Waals surface area contributed by atoms with E-state index in [0.29, 0.717) is 6.42 Å². The Bertz CT molecular complexity index is 554. The van der Waals surface area contributed by atoms with Crippen molar-refractivity contribution in [2.24, 2.45) is 0 Å². The quantitative estimate of drug-likeness (QED) is 0.834. The highest BCUT2D eigenvalue weighted by molar-refractivity contribution is 8.31. The van der Waals surface area contributed by atoms with Crippen LogP contribution in [-0.4, -0.2) is 24.8 Å². The fraction of sp³-hybridized carbons (Fsp3) is 0.200. The smallest absolute Gasteiger partial charge is 0.286 e. The molecule has 1 aromatic carbocycles. The summed E-state index contributed by atoms with van der Waals surface area (Å²) in [6, 6.07) is 9.69. The van der Waals surface area contributed by atoms with E-state index in [1.165, 1.54) is 0 Å². The minimum atomic E-state index is -3.72. The Kier molecular flexibility index (Phi) is 6.12. The monoisotopic (exact) mass is 341 g/mol. The number of halogens is 2. The van der Waals surface area contributed by atoms with Crippen molar-refractivity contribution in [3.8, 4) is 0 Å². The molecule has 1 aliphatic rings. The Morgan fingerprint density at radius 2 is 1.68 bits per heavy atom. The molecule has 1 heterocycles. The number of thioether (sulfide) groups is 1. The molecule has 1 aromatic rings. The molecule has 1 fully saturated rings. The Balaban J connectivity index is 0.000000312. The van der Waals surface area contributed by atoms with Gasteiger partial charge in [-0.25, -0.2) is 0 Å². The van der Waals surface area contributed by atoms with Crippen molar-refractivity contribution >= 4 is 52.5 Å². The lowest BCUT2D eigenvalue weighted by molar-refractivity contribution is -0.118. The molecule has 0 bridgehead atoms. The Morgan fingerprint density at radius 1 is 1.16 bits per heavy atom. The first-order valence-corrected chi connectivity index (χ1v) is 8.97. The number of rotatable bonds is 2. The third-order valence-electron chi connectivity index (χ3n) is 2.03. The number of amides is 2. The van der Waals surface area contributed by atoms with Gasteiger partial charge in [0.1, 0.15) is 0 Å². The third kappa shape index (κ3) is 7.41. The lowest BCUT2D eigenvalue weighted by Crippen LogP contribution is -2.25. The normalized spacial score (nSPS) is 18.5. The topological polar surface area (TPSA) is 80.3 Å². The van der Waals surface area contributed by atoms with Gasteiger partial charge in [-0.3, -0.25) is 14.9 Å². The van der Waals surface area contributed by atoms with Crippen molar-refractivity contribution in [1.29, 1.82) is 0 Å². The minimum absolute atomic E-state index is 0.177. The molecule has 0 aliphatic carbocycles. The van der Waals surface area contributed by atoms with E-state index in [0.717, 1.165) is 17.3 Å².